The first kappa shape index (κ1) is 52.0. The molecule has 0 saturated heterocycles. The zero-order valence-corrected chi connectivity index (χ0v) is 35.8. The molecule has 0 bridgehead atoms. The van der Waals surface area contributed by atoms with Crippen LogP contribution in [0.1, 0.15) is 219 Å². The number of hydrogen-bond acceptors (Lipinski definition) is 8. The molecule has 0 aliphatic rings. The third kappa shape index (κ3) is 39.7. The van der Waals surface area contributed by atoms with Crippen molar-refractivity contribution >= 4 is 24.7 Å². The van der Waals surface area contributed by atoms with Crippen molar-refractivity contribution in [3.05, 3.63) is 0 Å². The van der Waals surface area contributed by atoms with Crippen molar-refractivity contribution in [2.75, 3.05) is 33.0 Å². The number of phosphoric ester groups is 1. The third-order valence-electron chi connectivity index (χ3n) is 9.79. The number of carbonyl (C=O) groups excluding carboxylic acids is 1. The fraction of sp³-hybridized carbons (Fsp3) is 0.976. The summed E-state index contributed by atoms with van der Waals surface area (Å²) in [6.45, 7) is 4.08. The molecule has 312 valence electrons. The van der Waals surface area contributed by atoms with Crippen molar-refractivity contribution in [2.24, 2.45) is 0 Å². The van der Waals surface area contributed by atoms with E-state index in [1.165, 1.54) is 167 Å². The average Bonchev–Trinajstić information content (AvgIpc) is 3.13. The second-order valence-electron chi connectivity index (χ2n) is 15.1. The number of ether oxygens (including phenoxy) is 1. The fourth-order valence-corrected chi connectivity index (χ4v) is 8.25. The van der Waals surface area contributed by atoms with Crippen LogP contribution in [0.2, 0.25) is 0 Å². The molecule has 3 N–H and O–H groups in total. The molecule has 10 heteroatoms. The number of phosphoric acid groups is 1. The Labute approximate surface area is 325 Å². The smallest absolute Gasteiger partial charge is 0.394 e. The quantitative estimate of drug-likeness (QED) is 0.0410. The van der Waals surface area contributed by atoms with Crippen LogP contribution in [0.3, 0.4) is 0 Å². The summed E-state index contributed by atoms with van der Waals surface area (Å²) in [6, 6.07) is 0. The molecule has 1 unspecified atom stereocenters. The van der Waals surface area contributed by atoms with Crippen LogP contribution in [-0.4, -0.2) is 64.6 Å². The Morgan fingerprint density at radius 2 is 0.885 bits per heavy atom. The number of unbranched alkanes of at least 4 members (excludes halogenated alkanes) is 29. The molecule has 0 fully saturated rings. The predicted molar refractivity (Wildman–Crippen MR) is 221 cm³/mol. The van der Waals surface area contributed by atoms with Crippen molar-refractivity contribution in [3.63, 3.8) is 0 Å². The minimum atomic E-state index is -4.44. The summed E-state index contributed by atoms with van der Waals surface area (Å²) in [6.07, 6.45) is 39.3. The highest BCUT2D eigenvalue weighted by Gasteiger charge is 2.26. The topological polar surface area (TPSA) is 123 Å². The van der Waals surface area contributed by atoms with Crippen LogP contribution in [0.5, 0.6) is 0 Å². The minimum Gasteiger partial charge on any atom is -0.394 e. The van der Waals surface area contributed by atoms with Gasteiger partial charge in [-0.2, -0.15) is 0 Å². The molecule has 0 heterocycles. The summed E-state index contributed by atoms with van der Waals surface area (Å²) < 4.78 is 28.1. The highest BCUT2D eigenvalue weighted by atomic mass is 32.2. The Morgan fingerprint density at radius 3 is 1.27 bits per heavy atom. The minimum absolute atomic E-state index is 0.0405. The summed E-state index contributed by atoms with van der Waals surface area (Å²) in [4.78, 5) is 22.8. The number of aliphatic hydroxyl groups is 2. The number of carbonyl (C=O) groups is 1. The van der Waals surface area contributed by atoms with E-state index in [1.807, 2.05) is 0 Å². The van der Waals surface area contributed by atoms with E-state index < -0.39 is 32.4 Å². The molecule has 0 spiro atoms. The van der Waals surface area contributed by atoms with Crippen molar-refractivity contribution in [3.8, 4) is 0 Å². The molecular weight excluding hydrogens is 695 g/mol. The van der Waals surface area contributed by atoms with Gasteiger partial charge >= 0.3 is 7.82 Å². The Kier molecular flexibility index (Phi) is 40.7. The van der Waals surface area contributed by atoms with Gasteiger partial charge in [0.1, 0.15) is 6.10 Å². The molecule has 0 saturated carbocycles. The van der Waals surface area contributed by atoms with Crippen molar-refractivity contribution in [1.29, 1.82) is 0 Å². The molecule has 0 aromatic heterocycles. The Balaban J connectivity index is 4.11. The Hall–Kier alpha value is 0.01000. The van der Waals surface area contributed by atoms with Crippen LogP contribution in [0.4, 0.5) is 0 Å². The molecule has 52 heavy (non-hydrogen) atoms. The summed E-state index contributed by atoms with van der Waals surface area (Å²) in [5.41, 5.74) is 0. The van der Waals surface area contributed by atoms with Crippen LogP contribution in [0.25, 0.3) is 0 Å². The summed E-state index contributed by atoms with van der Waals surface area (Å²) in [5.74, 6) is 0. The van der Waals surface area contributed by atoms with Crippen LogP contribution in [0.15, 0.2) is 0 Å². The lowest BCUT2D eigenvalue weighted by Crippen LogP contribution is -2.22. The summed E-state index contributed by atoms with van der Waals surface area (Å²) in [7, 11) is -4.44. The van der Waals surface area contributed by atoms with Gasteiger partial charge in [-0.05, 0) is 12.8 Å². The maximum atomic E-state index is 12.8. The van der Waals surface area contributed by atoms with Gasteiger partial charge in [-0.25, -0.2) is 4.57 Å². The van der Waals surface area contributed by atoms with Crippen LogP contribution < -0.4 is 0 Å². The molecule has 3 atom stereocenters. The van der Waals surface area contributed by atoms with Crippen LogP contribution in [-0.2, 0) is 23.1 Å². The third-order valence-corrected chi connectivity index (χ3v) is 11.8. The standard InChI is InChI=1S/C42H85O8PS/c1-3-5-7-9-11-13-15-17-19-21-23-25-27-29-31-33-35-48-38-41(39-50-51(46,47)49-37-40(44)36-43)52-42(45)34-32-30-28-26-24-22-20-18-16-14-12-10-8-6-4-2/h40-41,43-44H,3-39H2,1-2H3,(H,46,47)/t40-,41+/m0/s1. The molecule has 0 aromatic carbocycles. The van der Waals surface area contributed by atoms with Gasteiger partial charge in [-0.3, -0.25) is 13.8 Å². The lowest BCUT2D eigenvalue weighted by Gasteiger charge is -2.19. The molecule has 0 amide bonds. The van der Waals surface area contributed by atoms with E-state index in [-0.39, 0.29) is 18.3 Å². The van der Waals surface area contributed by atoms with E-state index in [9.17, 15) is 19.4 Å². The van der Waals surface area contributed by atoms with Crippen LogP contribution >= 0.6 is 19.6 Å². The Bertz CT molecular complexity index is 789. The van der Waals surface area contributed by atoms with Gasteiger partial charge in [0, 0.05) is 13.0 Å². The van der Waals surface area contributed by atoms with E-state index >= 15 is 0 Å². The maximum Gasteiger partial charge on any atom is 0.472 e. The number of thioether (sulfide) groups is 1. The molecule has 8 nitrogen and oxygen atoms in total. The summed E-state index contributed by atoms with van der Waals surface area (Å²) in [5, 5.41) is 18.0. The predicted octanol–water partition coefficient (Wildman–Crippen LogP) is 12.6. The second kappa shape index (κ2) is 40.7. The molecule has 0 aliphatic heterocycles. The van der Waals surface area contributed by atoms with Crippen molar-refractivity contribution in [2.45, 2.75) is 231 Å². The first-order chi connectivity index (χ1) is 25.3. The zero-order chi connectivity index (χ0) is 38.2. The van der Waals surface area contributed by atoms with E-state index in [4.69, 9.17) is 18.9 Å². The highest BCUT2D eigenvalue weighted by molar-refractivity contribution is 8.14. The largest absolute Gasteiger partial charge is 0.472 e. The van der Waals surface area contributed by atoms with Gasteiger partial charge in [0.25, 0.3) is 0 Å². The highest BCUT2D eigenvalue weighted by Crippen LogP contribution is 2.44. The van der Waals surface area contributed by atoms with E-state index in [1.54, 1.807) is 0 Å². The lowest BCUT2D eigenvalue weighted by molar-refractivity contribution is -0.111. The molecule has 0 radical (unpaired) electrons. The SMILES string of the molecule is CCCCCCCCCCCCCCCCCCOC[C@H](COP(=O)(O)OC[C@@H](O)CO)SC(=O)CCCCCCCCCCCCCCCCC. The van der Waals surface area contributed by atoms with Crippen LogP contribution in [0, 0.1) is 0 Å². The van der Waals surface area contributed by atoms with Gasteiger partial charge in [-0.15, -0.1) is 0 Å². The van der Waals surface area contributed by atoms with Gasteiger partial charge in [0.05, 0.1) is 31.7 Å². The molecule has 0 aliphatic carbocycles. The normalized spacial score (nSPS) is 14.1. The lowest BCUT2D eigenvalue weighted by atomic mass is 10.0. The van der Waals surface area contributed by atoms with Gasteiger partial charge in [-0.1, -0.05) is 212 Å². The van der Waals surface area contributed by atoms with E-state index in [2.05, 4.69) is 13.8 Å². The Morgan fingerprint density at radius 1 is 0.538 bits per heavy atom. The first-order valence-corrected chi connectivity index (χ1v) is 24.4. The zero-order valence-electron chi connectivity index (χ0n) is 34.1. The second-order valence-corrected chi connectivity index (χ2v) is 17.9. The average molecular weight is 781 g/mol. The molecular formula is C42H85O8PS. The van der Waals surface area contributed by atoms with E-state index in [0.29, 0.717) is 13.0 Å². The number of rotatable bonds is 43. The van der Waals surface area contributed by atoms with E-state index in [0.717, 1.165) is 43.9 Å². The number of hydrogen-bond donors (Lipinski definition) is 3. The maximum absolute atomic E-state index is 12.8. The number of aliphatic hydroxyl groups excluding tert-OH is 2. The monoisotopic (exact) mass is 781 g/mol. The van der Waals surface area contributed by atoms with Gasteiger partial charge in [0.2, 0.25) is 0 Å². The van der Waals surface area contributed by atoms with Crippen molar-refractivity contribution in [1.82, 2.24) is 0 Å². The van der Waals surface area contributed by atoms with Gasteiger partial charge < -0.3 is 19.8 Å². The van der Waals surface area contributed by atoms with Crippen molar-refractivity contribution < 1.29 is 38.3 Å². The molecule has 0 aromatic rings. The fourth-order valence-electron chi connectivity index (χ4n) is 6.42. The van der Waals surface area contributed by atoms with Gasteiger partial charge in [0.15, 0.2) is 5.12 Å². The molecule has 0 rings (SSSR count). The first-order valence-electron chi connectivity index (χ1n) is 22.0. The summed E-state index contributed by atoms with van der Waals surface area (Å²) >= 11 is 1.12.